The Morgan fingerprint density at radius 2 is 1.86 bits per heavy atom. The van der Waals surface area contributed by atoms with Crippen molar-refractivity contribution in [2.45, 2.75) is 24.8 Å². The number of benzene rings is 1. The van der Waals surface area contributed by atoms with Crippen molar-refractivity contribution in [1.29, 1.82) is 0 Å². The van der Waals surface area contributed by atoms with E-state index in [0.29, 0.717) is 12.0 Å². The van der Waals surface area contributed by atoms with Crippen LogP contribution in [0.3, 0.4) is 0 Å². The maximum absolute atomic E-state index is 5.89. The molecule has 1 aromatic rings. The van der Waals surface area contributed by atoms with Gasteiger partial charge in [-0.1, -0.05) is 12.1 Å². The van der Waals surface area contributed by atoms with Gasteiger partial charge in [-0.2, -0.15) is 0 Å². The summed E-state index contributed by atoms with van der Waals surface area (Å²) in [5.41, 5.74) is 7.24. The summed E-state index contributed by atoms with van der Waals surface area (Å²) < 4.78 is 5.10. The second-order valence-corrected chi connectivity index (χ2v) is 3.62. The molecule has 2 rings (SSSR count). The third kappa shape index (κ3) is 2.02. The Kier molecular flexibility index (Phi) is 3.78. The highest BCUT2D eigenvalue weighted by atomic mass is 35.5. The Morgan fingerprint density at radius 3 is 2.21 bits per heavy atom. The third-order valence-electron chi connectivity index (χ3n) is 2.87. The van der Waals surface area contributed by atoms with Crippen LogP contribution in [0.2, 0.25) is 0 Å². The topological polar surface area (TPSA) is 35.2 Å². The fourth-order valence-electron chi connectivity index (χ4n) is 1.79. The molecule has 0 heterocycles. The molecule has 1 fully saturated rings. The highest BCUT2D eigenvalue weighted by Crippen LogP contribution is 2.35. The molecule has 1 aromatic carbocycles. The molecule has 1 aliphatic carbocycles. The van der Waals surface area contributed by atoms with Crippen LogP contribution in [0.25, 0.3) is 0 Å². The van der Waals surface area contributed by atoms with Gasteiger partial charge >= 0.3 is 0 Å². The normalized spacial score (nSPS) is 24.7. The van der Waals surface area contributed by atoms with Crippen molar-refractivity contribution >= 4 is 12.4 Å². The molecule has 0 aliphatic heterocycles. The third-order valence-corrected chi connectivity index (χ3v) is 2.87. The summed E-state index contributed by atoms with van der Waals surface area (Å²) in [6, 6.07) is 8.60. The average Bonchev–Trinajstić information content (AvgIpc) is 2.17. The zero-order valence-electron chi connectivity index (χ0n) is 8.27. The van der Waals surface area contributed by atoms with Crippen LogP contribution in [-0.4, -0.2) is 13.2 Å². The second kappa shape index (κ2) is 4.67. The largest absolute Gasteiger partial charge is 0.497 e. The fourth-order valence-corrected chi connectivity index (χ4v) is 1.79. The smallest absolute Gasteiger partial charge is 0.118 e. The first-order valence-corrected chi connectivity index (χ1v) is 4.71. The van der Waals surface area contributed by atoms with Crippen LogP contribution in [0, 0.1) is 0 Å². The molecule has 2 atom stereocenters. The van der Waals surface area contributed by atoms with Crippen LogP contribution in [0.4, 0.5) is 0 Å². The van der Waals surface area contributed by atoms with Crippen molar-refractivity contribution in [3.63, 3.8) is 0 Å². The second-order valence-electron chi connectivity index (χ2n) is 3.62. The van der Waals surface area contributed by atoms with Crippen molar-refractivity contribution in [3.8, 4) is 5.75 Å². The standard InChI is InChI=1S/C11H15NO.ClH/c1-13-9-4-2-8(3-5-9)10-6-7-11(10)12;/h2-5,10-11H,6-7,12H2,1H3;1H/t10-,11-;/m1./s1. The Bertz CT molecular complexity index is 286. The number of halogens is 1. The summed E-state index contributed by atoms with van der Waals surface area (Å²) in [6.45, 7) is 0. The number of ether oxygens (including phenoxy) is 1. The van der Waals surface area contributed by atoms with E-state index in [1.54, 1.807) is 7.11 Å². The zero-order valence-corrected chi connectivity index (χ0v) is 9.09. The predicted molar refractivity (Wildman–Crippen MR) is 60.2 cm³/mol. The van der Waals surface area contributed by atoms with Gasteiger partial charge in [0.05, 0.1) is 7.11 Å². The van der Waals surface area contributed by atoms with Gasteiger partial charge in [0.2, 0.25) is 0 Å². The SMILES string of the molecule is COc1ccc([C@H]2CC[C@H]2N)cc1.Cl. The molecule has 0 unspecified atom stereocenters. The van der Waals surface area contributed by atoms with Crippen molar-refractivity contribution in [3.05, 3.63) is 29.8 Å². The highest BCUT2D eigenvalue weighted by molar-refractivity contribution is 5.85. The fraction of sp³-hybridized carbons (Fsp3) is 0.455. The van der Waals surface area contributed by atoms with Crippen molar-refractivity contribution in [2.75, 3.05) is 7.11 Å². The average molecular weight is 214 g/mol. The molecule has 0 saturated heterocycles. The van der Waals surface area contributed by atoms with Crippen LogP contribution in [0.5, 0.6) is 5.75 Å². The quantitative estimate of drug-likeness (QED) is 0.819. The number of rotatable bonds is 2. The molecule has 0 bridgehead atoms. The molecular weight excluding hydrogens is 198 g/mol. The van der Waals surface area contributed by atoms with E-state index >= 15 is 0 Å². The van der Waals surface area contributed by atoms with Gasteiger partial charge < -0.3 is 10.5 Å². The van der Waals surface area contributed by atoms with Crippen molar-refractivity contribution < 1.29 is 4.74 Å². The van der Waals surface area contributed by atoms with Gasteiger partial charge in [-0.15, -0.1) is 12.4 Å². The van der Waals surface area contributed by atoms with Gasteiger partial charge in [-0.05, 0) is 36.5 Å². The van der Waals surface area contributed by atoms with Crippen molar-refractivity contribution in [2.24, 2.45) is 5.73 Å². The van der Waals surface area contributed by atoms with Gasteiger partial charge in [0, 0.05) is 6.04 Å². The minimum absolute atomic E-state index is 0. The van der Waals surface area contributed by atoms with Crippen LogP contribution >= 0.6 is 12.4 Å². The molecule has 0 radical (unpaired) electrons. The lowest BCUT2D eigenvalue weighted by Gasteiger charge is -2.33. The zero-order chi connectivity index (χ0) is 9.26. The first kappa shape index (κ1) is 11.3. The van der Waals surface area contributed by atoms with Gasteiger partial charge in [-0.25, -0.2) is 0 Å². The Labute approximate surface area is 90.9 Å². The minimum Gasteiger partial charge on any atom is -0.497 e. The van der Waals surface area contributed by atoms with E-state index in [9.17, 15) is 0 Å². The molecule has 1 aliphatic rings. The maximum atomic E-state index is 5.89. The summed E-state index contributed by atoms with van der Waals surface area (Å²) in [4.78, 5) is 0. The molecule has 78 valence electrons. The molecule has 0 spiro atoms. The Morgan fingerprint density at radius 1 is 1.21 bits per heavy atom. The molecule has 3 heteroatoms. The summed E-state index contributed by atoms with van der Waals surface area (Å²) in [5.74, 6) is 1.49. The van der Waals surface area contributed by atoms with E-state index in [-0.39, 0.29) is 12.4 Å². The Balaban J connectivity index is 0.000000980. The van der Waals surface area contributed by atoms with Gasteiger partial charge in [0.25, 0.3) is 0 Å². The number of methoxy groups -OCH3 is 1. The summed E-state index contributed by atoms with van der Waals surface area (Å²) in [6.07, 6.45) is 2.39. The highest BCUT2D eigenvalue weighted by Gasteiger charge is 2.28. The summed E-state index contributed by atoms with van der Waals surface area (Å²) in [7, 11) is 1.68. The minimum atomic E-state index is 0. The molecule has 1 saturated carbocycles. The summed E-state index contributed by atoms with van der Waals surface area (Å²) >= 11 is 0. The molecule has 2 nitrogen and oxygen atoms in total. The van der Waals surface area contributed by atoms with Crippen LogP contribution in [-0.2, 0) is 0 Å². The van der Waals surface area contributed by atoms with E-state index in [4.69, 9.17) is 10.5 Å². The van der Waals surface area contributed by atoms with E-state index in [1.807, 2.05) is 12.1 Å². The van der Waals surface area contributed by atoms with E-state index in [0.717, 1.165) is 12.2 Å². The lowest BCUT2D eigenvalue weighted by Crippen LogP contribution is -2.37. The van der Waals surface area contributed by atoms with Crippen LogP contribution < -0.4 is 10.5 Å². The lowest BCUT2D eigenvalue weighted by molar-refractivity contribution is 0.346. The van der Waals surface area contributed by atoms with Crippen LogP contribution in [0.1, 0.15) is 24.3 Å². The first-order chi connectivity index (χ1) is 6.31. The lowest BCUT2D eigenvalue weighted by atomic mass is 9.76. The van der Waals surface area contributed by atoms with E-state index in [1.165, 1.54) is 12.0 Å². The maximum Gasteiger partial charge on any atom is 0.118 e. The van der Waals surface area contributed by atoms with E-state index < -0.39 is 0 Å². The number of hydrogen-bond donors (Lipinski definition) is 1. The molecule has 14 heavy (non-hydrogen) atoms. The monoisotopic (exact) mass is 213 g/mol. The van der Waals surface area contributed by atoms with Gasteiger partial charge in [0.15, 0.2) is 0 Å². The van der Waals surface area contributed by atoms with Crippen molar-refractivity contribution in [1.82, 2.24) is 0 Å². The Hall–Kier alpha value is -0.730. The molecule has 2 N–H and O–H groups in total. The summed E-state index contributed by atoms with van der Waals surface area (Å²) in [5, 5.41) is 0. The molecule has 0 aromatic heterocycles. The number of hydrogen-bond acceptors (Lipinski definition) is 2. The number of nitrogens with two attached hydrogens (primary N) is 1. The van der Waals surface area contributed by atoms with Crippen LogP contribution in [0.15, 0.2) is 24.3 Å². The van der Waals surface area contributed by atoms with Gasteiger partial charge in [-0.3, -0.25) is 0 Å². The van der Waals surface area contributed by atoms with Gasteiger partial charge in [0.1, 0.15) is 5.75 Å². The molecular formula is C11H16ClNO. The van der Waals surface area contributed by atoms with E-state index in [2.05, 4.69) is 12.1 Å². The predicted octanol–water partition coefficient (Wildman–Crippen LogP) is 2.32. The molecule has 0 amide bonds. The first-order valence-electron chi connectivity index (χ1n) is 4.71.